The van der Waals surface area contributed by atoms with E-state index in [0.717, 1.165) is 22.7 Å². The van der Waals surface area contributed by atoms with Crippen molar-refractivity contribution in [2.45, 2.75) is 26.9 Å². The van der Waals surface area contributed by atoms with Gasteiger partial charge in [-0.3, -0.25) is 4.79 Å². The minimum absolute atomic E-state index is 0.149. The van der Waals surface area contributed by atoms with E-state index < -0.39 is 0 Å². The molecule has 1 amide bonds. The van der Waals surface area contributed by atoms with Crippen molar-refractivity contribution in [2.24, 2.45) is 0 Å². The molecule has 0 saturated carbocycles. The molecule has 2 N–H and O–H groups in total. The Labute approximate surface area is 159 Å². The molecule has 1 aromatic heterocycles. The highest BCUT2D eigenvalue weighted by molar-refractivity contribution is 6.03. The zero-order valence-electron chi connectivity index (χ0n) is 15.7. The number of hydrogen-bond acceptors (Lipinski definition) is 4. The number of carbonyl (C=O) groups is 1. The summed E-state index contributed by atoms with van der Waals surface area (Å²) in [6.07, 6.45) is 1.83. The van der Waals surface area contributed by atoms with Crippen LogP contribution >= 0.6 is 0 Å². The van der Waals surface area contributed by atoms with Crippen LogP contribution in [0.1, 0.15) is 29.8 Å². The van der Waals surface area contributed by atoms with Gasteiger partial charge in [0.2, 0.25) is 0 Å². The van der Waals surface area contributed by atoms with Gasteiger partial charge in [-0.05, 0) is 69.3 Å². The maximum atomic E-state index is 12.2. The zero-order chi connectivity index (χ0) is 19.2. The lowest BCUT2D eigenvalue weighted by Crippen LogP contribution is -2.12. The highest BCUT2D eigenvalue weighted by atomic mass is 16.5. The van der Waals surface area contributed by atoms with Crippen LogP contribution in [0.25, 0.3) is 0 Å². The van der Waals surface area contributed by atoms with Crippen LogP contribution in [0.5, 0.6) is 5.75 Å². The van der Waals surface area contributed by atoms with Crippen molar-refractivity contribution >= 4 is 23.1 Å². The molecular weight excluding hydrogens is 338 g/mol. The van der Waals surface area contributed by atoms with E-state index in [1.54, 1.807) is 24.4 Å². The summed E-state index contributed by atoms with van der Waals surface area (Å²) in [7, 11) is 0. The number of nitrogens with one attached hydrogen (secondary N) is 2. The van der Waals surface area contributed by atoms with Gasteiger partial charge in [-0.2, -0.15) is 0 Å². The average molecular weight is 361 g/mol. The summed E-state index contributed by atoms with van der Waals surface area (Å²) in [6.45, 7) is 5.98. The Balaban J connectivity index is 1.60. The normalized spacial score (nSPS) is 10.5. The predicted molar refractivity (Wildman–Crippen MR) is 109 cm³/mol. The highest BCUT2D eigenvalue weighted by Gasteiger charge is 2.06. The first-order valence-corrected chi connectivity index (χ1v) is 8.87. The van der Waals surface area contributed by atoms with E-state index in [1.807, 2.05) is 63.2 Å². The summed E-state index contributed by atoms with van der Waals surface area (Å²) in [5.74, 6) is 1.17. The average Bonchev–Trinajstić information content (AvgIpc) is 2.65. The summed E-state index contributed by atoms with van der Waals surface area (Å²) in [6, 6.07) is 18.8. The van der Waals surface area contributed by atoms with Crippen LogP contribution < -0.4 is 15.4 Å². The first-order valence-electron chi connectivity index (χ1n) is 8.87. The summed E-state index contributed by atoms with van der Waals surface area (Å²) in [4.78, 5) is 16.5. The number of benzene rings is 2. The lowest BCUT2D eigenvalue weighted by Gasteiger charge is -2.11. The molecule has 0 saturated heterocycles. The van der Waals surface area contributed by atoms with E-state index in [0.29, 0.717) is 11.4 Å². The second-order valence-electron chi connectivity index (χ2n) is 6.57. The third kappa shape index (κ3) is 5.31. The van der Waals surface area contributed by atoms with E-state index in [9.17, 15) is 4.79 Å². The van der Waals surface area contributed by atoms with Crippen molar-refractivity contribution in [2.75, 3.05) is 10.6 Å². The molecule has 5 heteroatoms. The fourth-order valence-electron chi connectivity index (χ4n) is 2.49. The standard InChI is InChI=1S/C22H23N3O2/c1-15(2)27-20-11-8-18(9-12-20)24-19-10-13-21(23-14-19)25-22(26)17-6-4-16(3)5-7-17/h4-15,24H,1-3H3,(H,23,25,26). The van der Waals surface area contributed by atoms with Crippen LogP contribution in [-0.2, 0) is 0 Å². The molecule has 0 aliphatic heterocycles. The van der Waals surface area contributed by atoms with E-state index in [4.69, 9.17) is 4.74 Å². The summed E-state index contributed by atoms with van der Waals surface area (Å²) < 4.78 is 5.63. The molecule has 0 atom stereocenters. The van der Waals surface area contributed by atoms with Crippen molar-refractivity contribution in [1.29, 1.82) is 0 Å². The molecule has 0 aliphatic rings. The topological polar surface area (TPSA) is 63.2 Å². The Bertz CT molecular complexity index is 886. The molecule has 0 spiro atoms. The largest absolute Gasteiger partial charge is 0.491 e. The van der Waals surface area contributed by atoms with Crippen LogP contribution in [0.4, 0.5) is 17.2 Å². The van der Waals surface area contributed by atoms with Crippen LogP contribution in [0, 0.1) is 6.92 Å². The number of hydrogen-bond donors (Lipinski definition) is 2. The molecule has 3 aromatic rings. The Hall–Kier alpha value is -3.34. The Morgan fingerprint density at radius 1 is 0.926 bits per heavy atom. The minimum Gasteiger partial charge on any atom is -0.491 e. The second-order valence-corrected chi connectivity index (χ2v) is 6.57. The van der Waals surface area contributed by atoms with E-state index >= 15 is 0 Å². The van der Waals surface area contributed by atoms with E-state index in [2.05, 4.69) is 15.6 Å². The van der Waals surface area contributed by atoms with Crippen LogP contribution in [0.2, 0.25) is 0 Å². The second kappa shape index (κ2) is 8.36. The number of anilines is 3. The summed E-state index contributed by atoms with van der Waals surface area (Å²) in [5, 5.41) is 6.07. The van der Waals surface area contributed by atoms with E-state index in [1.165, 1.54) is 0 Å². The number of amides is 1. The maximum absolute atomic E-state index is 12.2. The number of nitrogens with zero attached hydrogens (tertiary/aromatic N) is 1. The number of pyridine rings is 1. The van der Waals surface area contributed by atoms with Crippen LogP contribution in [0.15, 0.2) is 66.9 Å². The fourth-order valence-corrected chi connectivity index (χ4v) is 2.49. The Morgan fingerprint density at radius 3 is 2.19 bits per heavy atom. The molecule has 0 fully saturated rings. The van der Waals surface area contributed by atoms with Crippen molar-refractivity contribution in [1.82, 2.24) is 4.98 Å². The maximum Gasteiger partial charge on any atom is 0.256 e. The summed E-state index contributed by atoms with van der Waals surface area (Å²) in [5.41, 5.74) is 3.49. The van der Waals surface area contributed by atoms with Gasteiger partial charge < -0.3 is 15.4 Å². The minimum atomic E-state index is -0.177. The Kier molecular flexibility index (Phi) is 5.71. The number of aromatic nitrogens is 1. The van der Waals surface area contributed by atoms with Gasteiger partial charge in [-0.1, -0.05) is 17.7 Å². The van der Waals surface area contributed by atoms with Crippen molar-refractivity contribution in [3.8, 4) is 5.75 Å². The van der Waals surface area contributed by atoms with Gasteiger partial charge >= 0.3 is 0 Å². The molecule has 0 radical (unpaired) electrons. The van der Waals surface area contributed by atoms with Crippen LogP contribution in [-0.4, -0.2) is 17.0 Å². The number of aryl methyl sites for hydroxylation is 1. The lowest BCUT2D eigenvalue weighted by atomic mass is 10.1. The van der Waals surface area contributed by atoms with Gasteiger partial charge in [-0.25, -0.2) is 4.98 Å². The highest BCUT2D eigenvalue weighted by Crippen LogP contribution is 2.21. The SMILES string of the molecule is Cc1ccc(C(=O)Nc2ccc(Nc3ccc(OC(C)C)cc3)cn2)cc1. The van der Waals surface area contributed by atoms with Gasteiger partial charge in [0.05, 0.1) is 18.0 Å². The molecular formula is C22H23N3O2. The van der Waals surface area contributed by atoms with Gasteiger partial charge in [0.1, 0.15) is 11.6 Å². The molecule has 5 nitrogen and oxygen atoms in total. The van der Waals surface area contributed by atoms with Gasteiger partial charge in [0.15, 0.2) is 0 Å². The molecule has 3 rings (SSSR count). The summed E-state index contributed by atoms with van der Waals surface area (Å²) >= 11 is 0. The molecule has 1 heterocycles. The monoisotopic (exact) mass is 361 g/mol. The first-order chi connectivity index (χ1) is 13.0. The van der Waals surface area contributed by atoms with Crippen LogP contribution in [0.3, 0.4) is 0 Å². The predicted octanol–water partition coefficient (Wildman–Crippen LogP) is 5.17. The molecule has 0 bridgehead atoms. The lowest BCUT2D eigenvalue weighted by molar-refractivity contribution is 0.102. The van der Waals surface area contributed by atoms with Crippen molar-refractivity contribution in [3.05, 3.63) is 78.0 Å². The number of carbonyl (C=O) groups excluding carboxylic acids is 1. The van der Waals surface area contributed by atoms with Gasteiger partial charge in [0, 0.05) is 11.3 Å². The Morgan fingerprint density at radius 2 is 1.59 bits per heavy atom. The molecule has 0 unspecified atom stereocenters. The quantitative estimate of drug-likeness (QED) is 0.635. The first kappa shape index (κ1) is 18.5. The third-order valence-corrected chi connectivity index (χ3v) is 3.83. The molecule has 138 valence electrons. The van der Waals surface area contributed by atoms with Crippen molar-refractivity contribution < 1.29 is 9.53 Å². The fraction of sp³-hybridized carbons (Fsp3) is 0.182. The molecule has 27 heavy (non-hydrogen) atoms. The molecule has 2 aromatic carbocycles. The number of ether oxygens (including phenoxy) is 1. The van der Waals surface area contributed by atoms with E-state index in [-0.39, 0.29) is 12.0 Å². The van der Waals surface area contributed by atoms with Crippen molar-refractivity contribution in [3.63, 3.8) is 0 Å². The number of rotatable bonds is 6. The smallest absolute Gasteiger partial charge is 0.256 e. The van der Waals surface area contributed by atoms with Gasteiger partial charge in [-0.15, -0.1) is 0 Å². The third-order valence-electron chi connectivity index (χ3n) is 3.83. The zero-order valence-corrected chi connectivity index (χ0v) is 15.7. The van der Waals surface area contributed by atoms with Gasteiger partial charge in [0.25, 0.3) is 5.91 Å². The molecule has 0 aliphatic carbocycles.